The standard InChI is InChI=1S/C20H20Cl2N2O5S.ClH/c1-30(28,29)13-4-2-3-11(7-13)8-16(20(26)27)24-19(25)17-15(21)9-12-10-23-6-5-14(12)18(17)22;/h2-4,7,9,16,23H,5-6,8,10H2,1H3,(H,24,25)(H,26,27);1H/t16-;/m0./s1. The van der Waals surface area contributed by atoms with E-state index in [1.54, 1.807) is 12.1 Å². The van der Waals surface area contributed by atoms with Crippen LogP contribution in [0.25, 0.3) is 0 Å². The Morgan fingerprint density at radius 2 is 1.97 bits per heavy atom. The predicted molar refractivity (Wildman–Crippen MR) is 121 cm³/mol. The zero-order valence-electron chi connectivity index (χ0n) is 16.4. The molecule has 2 aromatic rings. The Labute approximate surface area is 196 Å². The van der Waals surface area contributed by atoms with Crippen LogP contribution in [0.1, 0.15) is 27.0 Å². The van der Waals surface area contributed by atoms with E-state index in [4.69, 9.17) is 23.2 Å². The number of halogens is 3. The van der Waals surface area contributed by atoms with E-state index < -0.39 is 27.8 Å². The molecule has 0 saturated carbocycles. The fraction of sp³-hybridized carbons (Fsp3) is 0.300. The Morgan fingerprint density at radius 3 is 2.61 bits per heavy atom. The molecule has 3 N–H and O–H groups in total. The molecule has 1 aliphatic heterocycles. The molecule has 0 bridgehead atoms. The van der Waals surface area contributed by atoms with Gasteiger partial charge in [-0.05, 0) is 47.9 Å². The van der Waals surface area contributed by atoms with Crippen LogP contribution in [0.4, 0.5) is 0 Å². The molecule has 0 radical (unpaired) electrons. The van der Waals surface area contributed by atoms with Crippen LogP contribution >= 0.6 is 35.6 Å². The zero-order chi connectivity index (χ0) is 22.1. The van der Waals surface area contributed by atoms with Gasteiger partial charge in [-0.3, -0.25) is 4.79 Å². The van der Waals surface area contributed by atoms with E-state index in [2.05, 4.69) is 10.6 Å². The monoisotopic (exact) mass is 506 g/mol. The molecule has 3 rings (SSSR count). The van der Waals surface area contributed by atoms with E-state index in [0.717, 1.165) is 17.4 Å². The molecule has 0 fully saturated rings. The van der Waals surface area contributed by atoms with Crippen molar-refractivity contribution in [3.05, 3.63) is 62.6 Å². The third kappa shape index (κ3) is 5.90. The van der Waals surface area contributed by atoms with Gasteiger partial charge in [-0.15, -0.1) is 12.4 Å². The van der Waals surface area contributed by atoms with Gasteiger partial charge in [0, 0.05) is 19.2 Å². The van der Waals surface area contributed by atoms with E-state index in [0.29, 0.717) is 25.1 Å². The topological polar surface area (TPSA) is 113 Å². The van der Waals surface area contributed by atoms with Gasteiger partial charge >= 0.3 is 5.97 Å². The molecule has 31 heavy (non-hydrogen) atoms. The third-order valence-electron chi connectivity index (χ3n) is 4.88. The van der Waals surface area contributed by atoms with Crippen molar-refractivity contribution >= 4 is 57.3 Å². The summed E-state index contributed by atoms with van der Waals surface area (Å²) >= 11 is 12.7. The molecule has 1 aliphatic rings. The SMILES string of the molecule is CS(=O)(=O)c1cccc(C[C@H](NC(=O)c2c(Cl)cc3c(c2Cl)CCNC3)C(=O)O)c1.Cl. The second kappa shape index (κ2) is 10.2. The number of sulfone groups is 1. The summed E-state index contributed by atoms with van der Waals surface area (Å²) in [5.41, 5.74) is 2.22. The van der Waals surface area contributed by atoms with E-state index >= 15 is 0 Å². The summed E-state index contributed by atoms with van der Waals surface area (Å²) in [7, 11) is -3.44. The van der Waals surface area contributed by atoms with Gasteiger partial charge in [0.1, 0.15) is 6.04 Å². The number of carboxylic acid groups (broad SMARTS) is 1. The van der Waals surface area contributed by atoms with Crippen molar-refractivity contribution in [1.82, 2.24) is 10.6 Å². The van der Waals surface area contributed by atoms with Gasteiger partial charge in [0.15, 0.2) is 9.84 Å². The molecule has 168 valence electrons. The highest BCUT2D eigenvalue weighted by Gasteiger charge is 2.27. The zero-order valence-corrected chi connectivity index (χ0v) is 19.6. The highest BCUT2D eigenvalue weighted by atomic mass is 35.5. The number of nitrogens with one attached hydrogen (secondary N) is 2. The quantitative estimate of drug-likeness (QED) is 0.554. The fourth-order valence-corrected chi connectivity index (χ4v) is 4.81. The van der Waals surface area contributed by atoms with Crippen LogP contribution in [-0.4, -0.2) is 44.2 Å². The highest BCUT2D eigenvalue weighted by molar-refractivity contribution is 7.90. The maximum absolute atomic E-state index is 12.8. The fourth-order valence-electron chi connectivity index (χ4n) is 3.35. The number of hydrogen-bond donors (Lipinski definition) is 3. The van der Waals surface area contributed by atoms with Gasteiger partial charge in [-0.25, -0.2) is 13.2 Å². The van der Waals surface area contributed by atoms with Crippen molar-refractivity contribution in [2.45, 2.75) is 30.3 Å². The van der Waals surface area contributed by atoms with Crippen LogP contribution < -0.4 is 10.6 Å². The van der Waals surface area contributed by atoms with Gasteiger partial charge in [0.2, 0.25) is 0 Å². The minimum Gasteiger partial charge on any atom is -0.480 e. The Bertz CT molecular complexity index is 1120. The second-order valence-corrected chi connectivity index (χ2v) is 9.90. The molecule has 0 aliphatic carbocycles. The Morgan fingerprint density at radius 1 is 1.26 bits per heavy atom. The number of carbonyl (C=O) groups is 2. The normalized spacial score (nSPS) is 14.2. The number of carboxylic acids is 1. The van der Waals surface area contributed by atoms with Gasteiger partial charge in [-0.2, -0.15) is 0 Å². The van der Waals surface area contributed by atoms with Crippen molar-refractivity contribution < 1.29 is 23.1 Å². The van der Waals surface area contributed by atoms with Crippen LogP contribution in [0.15, 0.2) is 35.2 Å². The van der Waals surface area contributed by atoms with Gasteiger partial charge < -0.3 is 15.7 Å². The molecular weight excluding hydrogens is 487 g/mol. The van der Waals surface area contributed by atoms with E-state index in [1.807, 2.05) is 0 Å². The van der Waals surface area contributed by atoms with Gasteiger partial charge in [-0.1, -0.05) is 35.3 Å². The lowest BCUT2D eigenvalue weighted by molar-refractivity contribution is -0.139. The lowest BCUT2D eigenvalue weighted by Gasteiger charge is -2.22. The lowest BCUT2D eigenvalue weighted by Crippen LogP contribution is -2.42. The average molecular weight is 508 g/mol. The number of aliphatic carboxylic acids is 1. The summed E-state index contributed by atoms with van der Waals surface area (Å²) in [6.45, 7) is 1.30. The molecule has 0 aromatic heterocycles. The van der Waals surface area contributed by atoms with Crippen molar-refractivity contribution in [2.24, 2.45) is 0 Å². The average Bonchev–Trinajstić information content (AvgIpc) is 2.67. The van der Waals surface area contributed by atoms with Crippen LogP contribution in [0.2, 0.25) is 10.0 Å². The minimum absolute atomic E-state index is 0. The summed E-state index contributed by atoms with van der Waals surface area (Å²) in [6.07, 6.45) is 1.60. The van der Waals surface area contributed by atoms with Gasteiger partial charge in [0.25, 0.3) is 5.91 Å². The first-order valence-electron chi connectivity index (χ1n) is 9.11. The maximum Gasteiger partial charge on any atom is 0.326 e. The lowest BCUT2D eigenvalue weighted by atomic mass is 9.97. The number of rotatable bonds is 6. The van der Waals surface area contributed by atoms with Crippen molar-refractivity contribution in [3.63, 3.8) is 0 Å². The van der Waals surface area contributed by atoms with Crippen molar-refractivity contribution in [3.8, 4) is 0 Å². The van der Waals surface area contributed by atoms with Crippen LogP contribution in [0, 0.1) is 0 Å². The smallest absolute Gasteiger partial charge is 0.326 e. The molecule has 0 saturated heterocycles. The van der Waals surface area contributed by atoms with E-state index in [1.165, 1.54) is 18.2 Å². The molecule has 11 heteroatoms. The third-order valence-corrected chi connectivity index (χ3v) is 6.70. The first-order chi connectivity index (χ1) is 14.1. The summed E-state index contributed by atoms with van der Waals surface area (Å²) in [5, 5.41) is 15.6. The van der Waals surface area contributed by atoms with E-state index in [9.17, 15) is 23.1 Å². The van der Waals surface area contributed by atoms with E-state index in [-0.39, 0.29) is 39.3 Å². The Balaban J connectivity index is 0.00000341. The van der Waals surface area contributed by atoms with Crippen LogP contribution in [-0.2, 0) is 34.0 Å². The molecule has 0 unspecified atom stereocenters. The molecule has 0 spiro atoms. The summed E-state index contributed by atoms with van der Waals surface area (Å²) < 4.78 is 23.5. The van der Waals surface area contributed by atoms with Crippen LogP contribution in [0.3, 0.4) is 0 Å². The number of fused-ring (bicyclic) bond motifs is 1. The Hall–Kier alpha value is -1.84. The maximum atomic E-state index is 12.8. The van der Waals surface area contributed by atoms with Crippen molar-refractivity contribution in [2.75, 3.05) is 12.8 Å². The summed E-state index contributed by atoms with van der Waals surface area (Å²) in [4.78, 5) is 24.7. The Kier molecular flexibility index (Phi) is 8.35. The molecule has 1 heterocycles. The number of amides is 1. The molecule has 2 aromatic carbocycles. The van der Waals surface area contributed by atoms with Gasteiger partial charge in [0.05, 0.1) is 20.5 Å². The minimum atomic E-state index is -3.44. The summed E-state index contributed by atoms with van der Waals surface area (Å²) in [5.74, 6) is -1.96. The summed E-state index contributed by atoms with van der Waals surface area (Å²) in [6, 6.07) is 6.31. The highest BCUT2D eigenvalue weighted by Crippen LogP contribution is 2.33. The van der Waals surface area contributed by atoms with Crippen molar-refractivity contribution in [1.29, 1.82) is 0 Å². The molecule has 7 nitrogen and oxygen atoms in total. The number of carbonyl (C=O) groups excluding carboxylic acids is 1. The molecule has 1 amide bonds. The number of hydrogen-bond acceptors (Lipinski definition) is 5. The predicted octanol–water partition coefficient (Wildman–Crippen LogP) is 2.89. The molecular formula is C20H21Cl3N2O5S. The molecule has 1 atom stereocenters. The first kappa shape index (κ1) is 25.4. The second-order valence-electron chi connectivity index (χ2n) is 7.10. The first-order valence-corrected chi connectivity index (χ1v) is 11.8. The van der Waals surface area contributed by atoms with Crippen LogP contribution in [0.5, 0.6) is 0 Å². The largest absolute Gasteiger partial charge is 0.480 e. The number of benzene rings is 2.